The summed E-state index contributed by atoms with van der Waals surface area (Å²) < 4.78 is 5.74. The van der Waals surface area contributed by atoms with Gasteiger partial charge >= 0.3 is 0 Å². The molecule has 0 spiro atoms. The number of aryl methyl sites for hydroxylation is 1. The largest absolute Gasteiger partial charge is 0.431 e. The number of nitrogens with zero attached hydrogens (tertiary/aromatic N) is 2. The normalized spacial score (nSPS) is 12.5. The molecular formula is C17H19N3O2S2. The van der Waals surface area contributed by atoms with Gasteiger partial charge in [0, 0.05) is 11.4 Å². The molecule has 1 amide bonds. The first-order chi connectivity index (χ1) is 11.6. The van der Waals surface area contributed by atoms with E-state index in [0.717, 1.165) is 28.1 Å². The molecule has 5 nitrogen and oxygen atoms in total. The summed E-state index contributed by atoms with van der Waals surface area (Å²) in [7, 11) is 0. The third-order valence-corrected chi connectivity index (χ3v) is 5.57. The molecule has 0 aliphatic rings. The first kappa shape index (κ1) is 17.0. The SMILES string of the molecule is CCC(C)NC(=O)c1csc(CSc2nc3c(C)cccc3o2)n1. The molecule has 1 atom stereocenters. The molecule has 24 heavy (non-hydrogen) atoms. The van der Waals surface area contributed by atoms with Crippen molar-refractivity contribution in [2.45, 2.75) is 44.2 Å². The maximum atomic E-state index is 12.1. The van der Waals surface area contributed by atoms with Crippen LogP contribution in [0.5, 0.6) is 0 Å². The Kier molecular flexibility index (Phi) is 5.20. The summed E-state index contributed by atoms with van der Waals surface area (Å²) in [5.74, 6) is 0.516. The van der Waals surface area contributed by atoms with E-state index in [0.29, 0.717) is 16.7 Å². The molecule has 1 N–H and O–H groups in total. The van der Waals surface area contributed by atoms with Crippen molar-refractivity contribution in [2.75, 3.05) is 0 Å². The van der Waals surface area contributed by atoms with Gasteiger partial charge in [0.2, 0.25) is 0 Å². The van der Waals surface area contributed by atoms with Crippen molar-refractivity contribution in [1.82, 2.24) is 15.3 Å². The van der Waals surface area contributed by atoms with Gasteiger partial charge in [0.25, 0.3) is 11.1 Å². The highest BCUT2D eigenvalue weighted by Gasteiger charge is 2.14. The lowest BCUT2D eigenvalue weighted by Crippen LogP contribution is -2.32. The summed E-state index contributed by atoms with van der Waals surface area (Å²) in [6, 6.07) is 6.04. The molecule has 1 unspecified atom stereocenters. The smallest absolute Gasteiger partial charge is 0.270 e. The Bertz CT molecular complexity index is 857. The lowest BCUT2D eigenvalue weighted by atomic mass is 10.2. The van der Waals surface area contributed by atoms with Gasteiger partial charge in [0.15, 0.2) is 5.58 Å². The zero-order valence-corrected chi connectivity index (χ0v) is 15.5. The van der Waals surface area contributed by atoms with Crippen LogP contribution in [-0.2, 0) is 5.75 Å². The molecule has 0 aliphatic heterocycles. The zero-order chi connectivity index (χ0) is 17.1. The molecule has 7 heteroatoms. The van der Waals surface area contributed by atoms with Crippen LogP contribution in [0.15, 0.2) is 33.2 Å². The highest BCUT2D eigenvalue weighted by molar-refractivity contribution is 7.98. The fourth-order valence-corrected chi connectivity index (χ4v) is 3.76. The van der Waals surface area contributed by atoms with Crippen LogP contribution < -0.4 is 5.32 Å². The molecule has 2 heterocycles. The number of para-hydroxylation sites is 1. The van der Waals surface area contributed by atoms with E-state index in [4.69, 9.17) is 4.42 Å². The van der Waals surface area contributed by atoms with Gasteiger partial charge in [-0.2, -0.15) is 0 Å². The van der Waals surface area contributed by atoms with Crippen LogP contribution >= 0.6 is 23.1 Å². The van der Waals surface area contributed by atoms with Gasteiger partial charge in [-0.3, -0.25) is 4.79 Å². The fourth-order valence-electron chi connectivity index (χ4n) is 2.13. The van der Waals surface area contributed by atoms with E-state index in [9.17, 15) is 4.79 Å². The Labute approximate surface area is 148 Å². The second-order valence-corrected chi connectivity index (χ2v) is 7.47. The van der Waals surface area contributed by atoms with Crippen molar-refractivity contribution in [3.05, 3.63) is 39.8 Å². The number of hydrogen-bond acceptors (Lipinski definition) is 6. The highest BCUT2D eigenvalue weighted by Crippen LogP contribution is 2.28. The van der Waals surface area contributed by atoms with E-state index >= 15 is 0 Å². The number of thiazole rings is 1. The molecule has 0 aliphatic carbocycles. The number of rotatable bonds is 6. The van der Waals surface area contributed by atoms with Crippen molar-refractivity contribution in [3.63, 3.8) is 0 Å². The average Bonchev–Trinajstić information content (AvgIpc) is 3.20. The van der Waals surface area contributed by atoms with Crippen LogP contribution in [0.2, 0.25) is 0 Å². The third-order valence-electron chi connectivity index (χ3n) is 3.69. The maximum absolute atomic E-state index is 12.1. The van der Waals surface area contributed by atoms with E-state index in [1.165, 1.54) is 23.1 Å². The molecule has 0 saturated carbocycles. The quantitative estimate of drug-likeness (QED) is 0.659. The first-order valence-corrected chi connectivity index (χ1v) is 9.67. The number of carbonyl (C=O) groups excluding carboxylic acids is 1. The lowest BCUT2D eigenvalue weighted by molar-refractivity contribution is 0.0935. The molecule has 3 rings (SSSR count). The Morgan fingerprint density at radius 1 is 1.42 bits per heavy atom. The van der Waals surface area contributed by atoms with Crippen LogP contribution in [0.25, 0.3) is 11.1 Å². The van der Waals surface area contributed by atoms with Crippen LogP contribution in [0.4, 0.5) is 0 Å². The zero-order valence-electron chi connectivity index (χ0n) is 13.8. The van der Waals surface area contributed by atoms with E-state index < -0.39 is 0 Å². The summed E-state index contributed by atoms with van der Waals surface area (Å²) in [5, 5.41) is 6.23. The van der Waals surface area contributed by atoms with Gasteiger partial charge in [-0.05, 0) is 31.9 Å². The summed E-state index contributed by atoms with van der Waals surface area (Å²) in [6.45, 7) is 6.04. The van der Waals surface area contributed by atoms with E-state index in [2.05, 4.69) is 15.3 Å². The third kappa shape index (κ3) is 3.79. The minimum atomic E-state index is -0.116. The van der Waals surface area contributed by atoms with Gasteiger partial charge < -0.3 is 9.73 Å². The van der Waals surface area contributed by atoms with Crippen molar-refractivity contribution in [2.24, 2.45) is 0 Å². The monoisotopic (exact) mass is 361 g/mol. The number of hydrogen-bond donors (Lipinski definition) is 1. The Balaban J connectivity index is 1.64. The molecule has 0 fully saturated rings. The Morgan fingerprint density at radius 3 is 3.00 bits per heavy atom. The summed E-state index contributed by atoms with van der Waals surface area (Å²) in [5.41, 5.74) is 3.27. The van der Waals surface area contributed by atoms with Crippen molar-refractivity contribution in [3.8, 4) is 0 Å². The number of nitrogens with one attached hydrogen (secondary N) is 1. The molecular weight excluding hydrogens is 342 g/mol. The molecule has 0 radical (unpaired) electrons. The van der Waals surface area contributed by atoms with E-state index in [1.807, 2.05) is 39.0 Å². The van der Waals surface area contributed by atoms with E-state index in [1.54, 1.807) is 5.38 Å². The van der Waals surface area contributed by atoms with Crippen LogP contribution in [-0.4, -0.2) is 21.9 Å². The van der Waals surface area contributed by atoms with Gasteiger partial charge in [0.1, 0.15) is 16.2 Å². The molecule has 0 saturated heterocycles. The van der Waals surface area contributed by atoms with Crippen LogP contribution in [0.1, 0.15) is 41.3 Å². The number of oxazole rings is 1. The summed E-state index contributed by atoms with van der Waals surface area (Å²) >= 11 is 2.97. The van der Waals surface area contributed by atoms with Crippen molar-refractivity contribution < 1.29 is 9.21 Å². The standard InChI is InChI=1S/C17H19N3O2S2/c1-4-11(3)18-16(21)12-8-23-14(19-12)9-24-17-20-15-10(2)6-5-7-13(15)22-17/h5-8,11H,4,9H2,1-3H3,(H,18,21). The maximum Gasteiger partial charge on any atom is 0.270 e. The highest BCUT2D eigenvalue weighted by atomic mass is 32.2. The molecule has 1 aromatic carbocycles. The van der Waals surface area contributed by atoms with E-state index in [-0.39, 0.29) is 11.9 Å². The van der Waals surface area contributed by atoms with Gasteiger partial charge in [-0.1, -0.05) is 30.8 Å². The van der Waals surface area contributed by atoms with Crippen LogP contribution in [0, 0.1) is 6.92 Å². The topological polar surface area (TPSA) is 68.0 Å². The molecule has 126 valence electrons. The van der Waals surface area contributed by atoms with Crippen molar-refractivity contribution in [1.29, 1.82) is 0 Å². The molecule has 0 bridgehead atoms. The minimum Gasteiger partial charge on any atom is -0.431 e. The van der Waals surface area contributed by atoms with Crippen molar-refractivity contribution >= 4 is 40.1 Å². The number of thioether (sulfide) groups is 1. The van der Waals surface area contributed by atoms with Gasteiger partial charge in [0.05, 0.1) is 5.75 Å². The van der Waals surface area contributed by atoms with Crippen LogP contribution in [0.3, 0.4) is 0 Å². The predicted octanol–water partition coefficient (Wildman–Crippen LogP) is 4.41. The van der Waals surface area contributed by atoms with Gasteiger partial charge in [-0.25, -0.2) is 9.97 Å². The second kappa shape index (κ2) is 7.36. The lowest BCUT2D eigenvalue weighted by Gasteiger charge is -2.09. The number of carbonyl (C=O) groups is 1. The van der Waals surface area contributed by atoms with Gasteiger partial charge in [-0.15, -0.1) is 11.3 Å². The Hall–Kier alpha value is -1.86. The number of fused-ring (bicyclic) bond motifs is 1. The summed E-state index contributed by atoms with van der Waals surface area (Å²) in [6.07, 6.45) is 0.899. The minimum absolute atomic E-state index is 0.116. The molecule has 2 aromatic heterocycles. The second-order valence-electron chi connectivity index (χ2n) is 5.60. The predicted molar refractivity (Wildman–Crippen MR) is 97.6 cm³/mol. The summed E-state index contributed by atoms with van der Waals surface area (Å²) in [4.78, 5) is 21.0. The number of aromatic nitrogens is 2. The molecule has 3 aromatic rings. The first-order valence-electron chi connectivity index (χ1n) is 7.81. The fraction of sp³-hybridized carbons (Fsp3) is 0.353. The average molecular weight is 361 g/mol. The Morgan fingerprint density at radius 2 is 2.25 bits per heavy atom. The number of benzene rings is 1. The number of amides is 1.